The molecular formula is C10H15NO3. The molecule has 0 aliphatic carbocycles. The summed E-state index contributed by atoms with van der Waals surface area (Å²) in [7, 11) is 0. The first-order valence-corrected chi connectivity index (χ1v) is 4.32. The van der Waals surface area contributed by atoms with E-state index >= 15 is 0 Å². The van der Waals surface area contributed by atoms with Crippen LogP contribution in [-0.4, -0.2) is 24.3 Å². The minimum absolute atomic E-state index is 0.431. The van der Waals surface area contributed by atoms with Crippen molar-refractivity contribution in [3.8, 4) is 0 Å². The highest BCUT2D eigenvalue weighted by Crippen LogP contribution is 2.07. The Kier molecular flexibility index (Phi) is 6.11. The summed E-state index contributed by atoms with van der Waals surface area (Å²) in [4.78, 5) is 22.2. The van der Waals surface area contributed by atoms with E-state index in [0.717, 1.165) is 17.4 Å². The predicted octanol–water partition coefficient (Wildman–Crippen LogP) is 1.62. The summed E-state index contributed by atoms with van der Waals surface area (Å²) in [5.74, 6) is 0. The summed E-state index contributed by atoms with van der Waals surface area (Å²) in [5, 5.41) is 0. The van der Waals surface area contributed by atoms with Gasteiger partial charge in [0, 0.05) is 6.20 Å². The van der Waals surface area contributed by atoms with Crippen molar-refractivity contribution in [3.05, 3.63) is 23.0 Å². The van der Waals surface area contributed by atoms with Gasteiger partial charge in [-0.15, -0.1) is 0 Å². The molecule has 0 aliphatic rings. The molecule has 0 radical (unpaired) electrons. The van der Waals surface area contributed by atoms with Gasteiger partial charge in [0.2, 0.25) is 0 Å². The first-order chi connectivity index (χ1) is 6.67. The molecular weight excluding hydrogens is 182 g/mol. The Labute approximate surface area is 83.3 Å². The number of aldehydes is 1. The van der Waals surface area contributed by atoms with Gasteiger partial charge in [0.1, 0.15) is 0 Å². The molecule has 14 heavy (non-hydrogen) atoms. The number of carbonyl (C=O) groups is 2. The van der Waals surface area contributed by atoms with Crippen molar-refractivity contribution in [2.24, 2.45) is 0 Å². The number of hydrogen-bond acceptors (Lipinski definition) is 3. The number of aryl methyl sites for hydroxylation is 1. The van der Waals surface area contributed by atoms with Gasteiger partial charge in [-0.05, 0) is 31.9 Å². The number of aromatic nitrogens is 1. The fraction of sp³-hybridized carbons (Fsp3) is 0.400. The summed E-state index contributed by atoms with van der Waals surface area (Å²) in [6.45, 7) is 6.56. The lowest BCUT2D eigenvalue weighted by atomic mass is 10.2. The minimum Gasteiger partial charge on any atom is -0.468 e. The zero-order chi connectivity index (χ0) is 11.0. The number of nitrogens with one attached hydrogen (secondary N) is 1. The van der Waals surface area contributed by atoms with E-state index in [1.165, 1.54) is 0 Å². The average molecular weight is 197 g/mol. The molecule has 0 saturated carbocycles. The molecule has 4 nitrogen and oxygen atoms in total. The van der Waals surface area contributed by atoms with Crippen LogP contribution in [0.15, 0.2) is 6.20 Å². The summed E-state index contributed by atoms with van der Waals surface area (Å²) in [5.41, 5.74) is 2.87. The predicted molar refractivity (Wildman–Crippen MR) is 53.3 cm³/mol. The van der Waals surface area contributed by atoms with Crippen LogP contribution in [-0.2, 0) is 9.53 Å². The number of rotatable bonds is 3. The maximum Gasteiger partial charge on any atom is 0.293 e. The van der Waals surface area contributed by atoms with Gasteiger partial charge < -0.3 is 9.72 Å². The molecule has 0 atom stereocenters. The lowest BCUT2D eigenvalue weighted by Crippen LogP contribution is -1.81. The Hall–Kier alpha value is -1.58. The van der Waals surface area contributed by atoms with Crippen LogP contribution in [0.3, 0.4) is 0 Å². The molecule has 0 amide bonds. The molecule has 0 fully saturated rings. The molecule has 0 bridgehead atoms. The highest BCUT2D eigenvalue weighted by molar-refractivity contribution is 5.75. The van der Waals surface area contributed by atoms with Crippen LogP contribution < -0.4 is 0 Å². The zero-order valence-corrected chi connectivity index (χ0v) is 8.66. The summed E-state index contributed by atoms with van der Waals surface area (Å²) >= 11 is 0. The second kappa shape index (κ2) is 6.88. The van der Waals surface area contributed by atoms with E-state index in [1.807, 2.05) is 20.0 Å². The Morgan fingerprint density at radius 2 is 2.07 bits per heavy atom. The molecule has 0 unspecified atom stereocenters. The van der Waals surface area contributed by atoms with Gasteiger partial charge in [0.05, 0.1) is 12.3 Å². The smallest absolute Gasteiger partial charge is 0.293 e. The van der Waals surface area contributed by atoms with Gasteiger partial charge in [-0.25, -0.2) is 0 Å². The Morgan fingerprint density at radius 3 is 2.21 bits per heavy atom. The summed E-state index contributed by atoms with van der Waals surface area (Å²) < 4.78 is 4.15. The maximum atomic E-state index is 10.2. The van der Waals surface area contributed by atoms with Gasteiger partial charge >= 0.3 is 0 Å². The average Bonchev–Trinajstić information content (AvgIpc) is 2.50. The Balaban J connectivity index is 0.000000292. The third kappa shape index (κ3) is 3.89. The fourth-order valence-corrected chi connectivity index (χ4v) is 0.805. The molecule has 1 aromatic heterocycles. The van der Waals surface area contributed by atoms with Crippen LogP contribution in [0.25, 0.3) is 0 Å². The van der Waals surface area contributed by atoms with E-state index in [1.54, 1.807) is 6.92 Å². The SMILES string of the molecule is CCOC=O.Cc1c[nH]c(C=O)c1C. The molecule has 0 spiro atoms. The van der Waals surface area contributed by atoms with Gasteiger partial charge in [0.25, 0.3) is 6.47 Å². The van der Waals surface area contributed by atoms with Gasteiger partial charge in [-0.2, -0.15) is 0 Å². The number of hydrogen-bond donors (Lipinski definition) is 1. The molecule has 0 aliphatic heterocycles. The molecule has 0 saturated heterocycles. The molecule has 0 aromatic carbocycles. The molecule has 78 valence electrons. The highest BCUT2D eigenvalue weighted by Gasteiger charge is 1.99. The van der Waals surface area contributed by atoms with Crippen LogP contribution in [0.4, 0.5) is 0 Å². The summed E-state index contributed by atoms with van der Waals surface area (Å²) in [6, 6.07) is 0. The first kappa shape index (κ1) is 12.4. The van der Waals surface area contributed by atoms with Crippen LogP contribution >= 0.6 is 0 Å². The second-order valence-corrected chi connectivity index (χ2v) is 2.68. The summed E-state index contributed by atoms with van der Waals surface area (Å²) in [6.07, 6.45) is 2.67. The zero-order valence-electron chi connectivity index (χ0n) is 8.66. The standard InChI is InChI=1S/C7H9NO.C3H6O2/c1-5-3-8-7(4-9)6(5)2;1-2-5-3-4/h3-4,8H,1-2H3;3H,2H2,1H3. The topological polar surface area (TPSA) is 59.2 Å². The van der Waals surface area contributed by atoms with Crippen molar-refractivity contribution in [2.45, 2.75) is 20.8 Å². The van der Waals surface area contributed by atoms with Crippen LogP contribution in [0, 0.1) is 13.8 Å². The minimum atomic E-state index is 0.431. The lowest BCUT2D eigenvalue weighted by molar-refractivity contribution is -0.128. The molecule has 1 aromatic rings. The molecule has 1 N–H and O–H groups in total. The van der Waals surface area contributed by atoms with Crippen molar-refractivity contribution in [1.29, 1.82) is 0 Å². The quantitative estimate of drug-likeness (QED) is 0.749. The van der Waals surface area contributed by atoms with Gasteiger partial charge in [0.15, 0.2) is 6.29 Å². The van der Waals surface area contributed by atoms with E-state index < -0.39 is 0 Å². The third-order valence-electron chi connectivity index (χ3n) is 1.79. The van der Waals surface area contributed by atoms with Crippen molar-refractivity contribution in [1.82, 2.24) is 4.98 Å². The van der Waals surface area contributed by atoms with E-state index in [2.05, 4.69) is 9.72 Å². The van der Waals surface area contributed by atoms with Crippen molar-refractivity contribution < 1.29 is 14.3 Å². The Bertz CT molecular complexity index is 292. The third-order valence-corrected chi connectivity index (χ3v) is 1.79. The van der Waals surface area contributed by atoms with Crippen molar-refractivity contribution in [2.75, 3.05) is 6.61 Å². The monoisotopic (exact) mass is 197 g/mol. The normalized spacial score (nSPS) is 8.50. The molecule has 1 heterocycles. The van der Waals surface area contributed by atoms with Crippen LogP contribution in [0.5, 0.6) is 0 Å². The van der Waals surface area contributed by atoms with E-state index in [0.29, 0.717) is 18.8 Å². The van der Waals surface area contributed by atoms with E-state index in [-0.39, 0.29) is 0 Å². The molecule has 4 heteroatoms. The number of carbonyl (C=O) groups excluding carboxylic acids is 2. The van der Waals surface area contributed by atoms with Crippen LogP contribution in [0.1, 0.15) is 28.5 Å². The van der Waals surface area contributed by atoms with Crippen LogP contribution in [0.2, 0.25) is 0 Å². The number of H-pyrrole nitrogens is 1. The first-order valence-electron chi connectivity index (χ1n) is 4.32. The largest absolute Gasteiger partial charge is 0.468 e. The number of aromatic amines is 1. The van der Waals surface area contributed by atoms with E-state index in [4.69, 9.17) is 0 Å². The maximum absolute atomic E-state index is 10.2. The molecule has 1 rings (SSSR count). The number of ether oxygens (including phenoxy) is 1. The van der Waals surface area contributed by atoms with E-state index in [9.17, 15) is 9.59 Å². The highest BCUT2D eigenvalue weighted by atomic mass is 16.5. The van der Waals surface area contributed by atoms with Crippen molar-refractivity contribution >= 4 is 12.8 Å². The van der Waals surface area contributed by atoms with Gasteiger partial charge in [-0.3, -0.25) is 9.59 Å². The lowest BCUT2D eigenvalue weighted by Gasteiger charge is -1.85. The Morgan fingerprint density at radius 1 is 1.43 bits per heavy atom. The second-order valence-electron chi connectivity index (χ2n) is 2.68. The van der Waals surface area contributed by atoms with Crippen molar-refractivity contribution in [3.63, 3.8) is 0 Å². The fourth-order valence-electron chi connectivity index (χ4n) is 0.805. The van der Waals surface area contributed by atoms with Gasteiger partial charge in [-0.1, -0.05) is 0 Å².